The first-order valence-electron chi connectivity index (χ1n) is 19.2. The highest BCUT2D eigenvalue weighted by Gasteiger charge is 2.24. The van der Waals surface area contributed by atoms with Gasteiger partial charge < -0.3 is 0 Å². The van der Waals surface area contributed by atoms with Gasteiger partial charge in [-0.3, -0.25) is 0 Å². The lowest BCUT2D eigenvalue weighted by atomic mass is 9.78. The minimum absolute atomic E-state index is 0.628. The zero-order chi connectivity index (χ0) is 34.9. The molecule has 1 aromatic heterocycles. The van der Waals surface area contributed by atoms with Crippen LogP contribution in [0.1, 0.15) is 43.6 Å². The molecule has 1 saturated carbocycles. The smallest absolute Gasteiger partial charge is 0.0434 e. The summed E-state index contributed by atoms with van der Waals surface area (Å²) in [5, 5.41) is 13.5. The van der Waals surface area contributed by atoms with Crippen molar-refractivity contribution in [3.63, 3.8) is 0 Å². The van der Waals surface area contributed by atoms with Gasteiger partial charge in [0.1, 0.15) is 0 Å². The second-order valence-electron chi connectivity index (χ2n) is 14.9. The minimum Gasteiger partial charge on any atom is -0.135 e. The largest absolute Gasteiger partial charge is 0.135 e. The third kappa shape index (κ3) is 4.80. The van der Waals surface area contributed by atoms with Gasteiger partial charge in [-0.2, -0.15) is 0 Å². The van der Waals surface area contributed by atoms with E-state index in [9.17, 15) is 0 Å². The number of thiophene rings is 1. The van der Waals surface area contributed by atoms with E-state index >= 15 is 0 Å². The number of hydrogen-bond donors (Lipinski definition) is 0. The summed E-state index contributed by atoms with van der Waals surface area (Å²) in [6.45, 7) is 0. The first-order chi connectivity index (χ1) is 26.3. The molecule has 1 aliphatic rings. The number of rotatable bonds is 4. The van der Waals surface area contributed by atoms with Crippen LogP contribution < -0.4 is 0 Å². The highest BCUT2D eigenvalue weighted by atomic mass is 32.1. The van der Waals surface area contributed by atoms with Crippen molar-refractivity contribution in [1.29, 1.82) is 0 Å². The number of fused-ring (bicyclic) bond motifs is 7. The van der Waals surface area contributed by atoms with Gasteiger partial charge in [-0.15, -0.1) is 11.3 Å². The van der Waals surface area contributed by atoms with Crippen LogP contribution in [0.25, 0.3) is 96.6 Å². The molecule has 0 saturated heterocycles. The van der Waals surface area contributed by atoms with E-state index in [1.54, 1.807) is 5.56 Å². The molecule has 252 valence electrons. The molecule has 0 N–H and O–H groups in total. The van der Waals surface area contributed by atoms with Gasteiger partial charge in [-0.1, -0.05) is 171 Å². The summed E-state index contributed by atoms with van der Waals surface area (Å²) in [7, 11) is 0. The summed E-state index contributed by atoms with van der Waals surface area (Å²) in [6.07, 6.45) is 6.62. The van der Waals surface area contributed by atoms with Crippen LogP contribution in [0.2, 0.25) is 0 Å². The third-order valence-electron chi connectivity index (χ3n) is 12.0. The molecule has 1 fully saturated rings. The van der Waals surface area contributed by atoms with Gasteiger partial charge in [0.25, 0.3) is 0 Å². The second kappa shape index (κ2) is 12.4. The Morgan fingerprint density at radius 3 is 1.45 bits per heavy atom. The van der Waals surface area contributed by atoms with Gasteiger partial charge in [0.15, 0.2) is 0 Å². The molecule has 9 aromatic carbocycles. The fourth-order valence-electron chi connectivity index (χ4n) is 9.79. The average molecular weight is 695 g/mol. The Balaban J connectivity index is 1.16. The van der Waals surface area contributed by atoms with Gasteiger partial charge in [0.2, 0.25) is 0 Å². The topological polar surface area (TPSA) is 0 Å². The van der Waals surface area contributed by atoms with Gasteiger partial charge in [0.05, 0.1) is 0 Å². The molecule has 1 heteroatoms. The molecule has 1 aliphatic carbocycles. The maximum absolute atomic E-state index is 2.49. The molecule has 0 amide bonds. The highest BCUT2D eigenvalue weighted by Crippen LogP contribution is 2.50. The summed E-state index contributed by atoms with van der Waals surface area (Å²) < 4.78 is 2.68. The molecule has 10 aromatic rings. The lowest BCUT2D eigenvalue weighted by molar-refractivity contribution is 0.447. The van der Waals surface area contributed by atoms with Crippen molar-refractivity contribution in [2.24, 2.45) is 0 Å². The lowest BCUT2D eigenvalue weighted by Crippen LogP contribution is -2.06. The summed E-state index contributed by atoms with van der Waals surface area (Å²) in [5.74, 6) is 0.628. The van der Waals surface area contributed by atoms with E-state index in [1.807, 2.05) is 11.3 Å². The van der Waals surface area contributed by atoms with E-state index in [0.29, 0.717) is 5.92 Å². The predicted octanol–water partition coefficient (Wildman–Crippen LogP) is 15.7. The molecule has 53 heavy (non-hydrogen) atoms. The van der Waals surface area contributed by atoms with E-state index in [4.69, 9.17) is 0 Å². The van der Waals surface area contributed by atoms with Crippen LogP contribution in [-0.2, 0) is 0 Å². The molecule has 0 nitrogen and oxygen atoms in total. The Morgan fingerprint density at radius 2 is 0.849 bits per heavy atom. The zero-order valence-electron chi connectivity index (χ0n) is 29.6. The molecule has 0 spiro atoms. The van der Waals surface area contributed by atoms with Crippen LogP contribution in [-0.4, -0.2) is 0 Å². The molecule has 1 heterocycles. The van der Waals surface area contributed by atoms with Gasteiger partial charge in [-0.05, 0) is 107 Å². The minimum atomic E-state index is 0.628. The summed E-state index contributed by atoms with van der Waals surface area (Å²) >= 11 is 1.93. The lowest BCUT2D eigenvalue weighted by Gasteiger charge is -2.26. The Bertz CT molecular complexity index is 2920. The molecule has 0 aliphatic heterocycles. The first kappa shape index (κ1) is 30.8. The summed E-state index contributed by atoms with van der Waals surface area (Å²) in [6, 6.07) is 61.6. The van der Waals surface area contributed by atoms with Crippen molar-refractivity contribution in [3.8, 4) is 33.4 Å². The normalized spacial score (nSPS) is 14.0. The van der Waals surface area contributed by atoms with Gasteiger partial charge >= 0.3 is 0 Å². The van der Waals surface area contributed by atoms with Crippen molar-refractivity contribution < 1.29 is 0 Å². The third-order valence-corrected chi connectivity index (χ3v) is 13.3. The average Bonchev–Trinajstić information content (AvgIpc) is 3.61. The predicted molar refractivity (Wildman–Crippen MR) is 231 cm³/mol. The van der Waals surface area contributed by atoms with Crippen LogP contribution >= 0.6 is 11.3 Å². The molecule has 11 rings (SSSR count). The van der Waals surface area contributed by atoms with Gasteiger partial charge in [-0.25, -0.2) is 0 Å². The van der Waals surface area contributed by atoms with Crippen molar-refractivity contribution in [3.05, 3.63) is 169 Å². The molecule has 0 atom stereocenters. The monoisotopic (exact) mass is 694 g/mol. The van der Waals surface area contributed by atoms with E-state index in [-0.39, 0.29) is 0 Å². The Morgan fingerprint density at radius 1 is 0.358 bits per heavy atom. The fraction of sp³-hybridized carbons (Fsp3) is 0.115. The number of hydrogen-bond acceptors (Lipinski definition) is 1. The van der Waals surface area contributed by atoms with Crippen molar-refractivity contribution in [2.45, 2.75) is 38.0 Å². The number of benzene rings is 9. The fourth-order valence-corrected chi connectivity index (χ4v) is 11.0. The molecule has 0 unspecified atom stereocenters. The van der Waals surface area contributed by atoms with E-state index < -0.39 is 0 Å². The van der Waals surface area contributed by atoms with Crippen LogP contribution in [0.4, 0.5) is 0 Å². The maximum atomic E-state index is 2.49. The molecular formula is C52H38S. The molecular weight excluding hydrogens is 657 g/mol. The van der Waals surface area contributed by atoms with Crippen LogP contribution in [0.3, 0.4) is 0 Å². The Hall–Kier alpha value is -5.76. The summed E-state index contributed by atoms with van der Waals surface area (Å²) in [4.78, 5) is 0. The van der Waals surface area contributed by atoms with E-state index in [1.165, 1.54) is 129 Å². The zero-order valence-corrected chi connectivity index (χ0v) is 30.4. The van der Waals surface area contributed by atoms with E-state index in [2.05, 4.69) is 164 Å². The van der Waals surface area contributed by atoms with Crippen LogP contribution in [0.5, 0.6) is 0 Å². The Kier molecular flexibility index (Phi) is 7.23. The van der Waals surface area contributed by atoms with Crippen molar-refractivity contribution >= 4 is 74.6 Å². The summed E-state index contributed by atoms with van der Waals surface area (Å²) in [5.41, 5.74) is 9.43. The van der Waals surface area contributed by atoms with Gasteiger partial charge in [0, 0.05) is 25.7 Å². The van der Waals surface area contributed by atoms with E-state index in [0.717, 1.165) is 0 Å². The quantitative estimate of drug-likeness (QED) is 0.161. The van der Waals surface area contributed by atoms with Crippen molar-refractivity contribution in [1.82, 2.24) is 0 Å². The Labute approximate surface area is 314 Å². The van der Waals surface area contributed by atoms with Crippen LogP contribution in [0, 0.1) is 0 Å². The van der Waals surface area contributed by atoms with Crippen LogP contribution in [0.15, 0.2) is 164 Å². The molecule has 0 bridgehead atoms. The maximum Gasteiger partial charge on any atom is 0.0434 e. The van der Waals surface area contributed by atoms with Crippen molar-refractivity contribution in [2.75, 3.05) is 0 Å². The highest BCUT2D eigenvalue weighted by molar-refractivity contribution is 7.26. The second-order valence-corrected chi connectivity index (χ2v) is 16.0. The SMILES string of the molecule is c1ccc(-c2c3ccccc3c(-c3cccc4c3sc3ccc(-c5c6ccccc6c(C6CCCCC6)c6ccccc56)cc34)c3ccccc23)cc1. The molecule has 0 radical (unpaired) electrons. The standard InChI is InChI=1S/C52H38S/c1-3-16-33(17-4-1)48-36-20-7-9-22-38(36)50(39-23-10-8-21-37(39)48)35-30-31-47-46(32-35)44-28-15-29-45(52(44)53-47)51-42-26-13-11-24-40(42)49(34-18-5-2-6-19-34)41-25-12-14-27-43(41)51/h2,5-15,18-33H,1,3-4,16-17H2. The first-order valence-corrected chi connectivity index (χ1v) is 20.0.